The number of phenolic OH excluding ortho intramolecular Hbond substituents is 6. The molecule has 0 aliphatic heterocycles. The molecule has 0 aliphatic carbocycles. The van der Waals surface area contributed by atoms with Crippen LogP contribution in [0.3, 0.4) is 0 Å². The van der Waals surface area contributed by atoms with Gasteiger partial charge in [-0.25, -0.2) is 0 Å². The first-order valence-electron chi connectivity index (χ1n) is 39.2. The molecular formula is C101H84Br12N6O8Ti6. The number of fused-ring (bicyclic) bond motifs is 2. The van der Waals surface area contributed by atoms with Crippen molar-refractivity contribution in [3.05, 3.63) is 427 Å². The molecule has 16 aromatic rings. The molecular weight excluding hydrogens is 2670 g/mol. The molecule has 133 heavy (non-hydrogen) atoms. The van der Waals surface area contributed by atoms with E-state index in [9.17, 15) is 30.6 Å². The van der Waals surface area contributed by atoms with E-state index in [1.807, 2.05) is 287 Å². The Labute approximate surface area is 907 Å². The fraction of sp³-hybridized carbons (Fsp3) is 0.0297. The van der Waals surface area contributed by atoms with Gasteiger partial charge in [0, 0.05) is 81.6 Å². The molecule has 16 aromatic carbocycles. The van der Waals surface area contributed by atoms with E-state index in [0.717, 1.165) is 94.7 Å². The third-order valence-corrected chi connectivity index (χ3v) is 17.6. The molecule has 0 spiro atoms. The van der Waals surface area contributed by atoms with Crippen LogP contribution in [0.2, 0.25) is 0 Å². The summed E-state index contributed by atoms with van der Waals surface area (Å²) in [5.41, 5.74) is 13.8. The molecule has 0 aromatic heterocycles. The summed E-state index contributed by atoms with van der Waals surface area (Å²) < 4.78 is 11.0. The molecule has 0 aliphatic rings. The number of hydrogen-bond donors (Lipinski definition) is 6. The van der Waals surface area contributed by atoms with Crippen LogP contribution in [0.4, 0.5) is 34.1 Å². The fourth-order valence-corrected chi connectivity index (χ4v) is 11.4. The summed E-state index contributed by atoms with van der Waals surface area (Å²) in [6, 6.07) is 120. The third-order valence-electron chi connectivity index (χ3n) is 17.6. The Morgan fingerprint density at radius 1 is 0.233 bits per heavy atom. The number of aliphatic imine (C=N–C) groups is 6. The molecule has 0 saturated heterocycles. The van der Waals surface area contributed by atoms with Crippen molar-refractivity contribution >= 4 is 251 Å². The van der Waals surface area contributed by atoms with Crippen molar-refractivity contribution in [1.82, 2.24) is 0 Å². The van der Waals surface area contributed by atoms with Gasteiger partial charge in [-0.3, -0.25) is 30.0 Å². The Balaban J connectivity index is 0.000000273. The Hall–Kier alpha value is -5.49. The van der Waals surface area contributed by atoms with Gasteiger partial charge in [-0.2, -0.15) is 0 Å². The molecule has 0 radical (unpaired) electrons. The number of methoxy groups -OCH3 is 1. The van der Waals surface area contributed by atoms with Crippen LogP contribution in [-0.4, -0.2) is 75.0 Å². The number of hydrogen-bond acceptors (Lipinski definition) is 14. The predicted octanol–water partition coefficient (Wildman–Crippen LogP) is 35.4. The van der Waals surface area contributed by atoms with Crippen molar-refractivity contribution in [2.45, 2.75) is 13.8 Å². The first-order valence-corrected chi connectivity index (χ1v) is 85.5. The second-order valence-corrected chi connectivity index (χ2v) is 73.3. The Bertz CT molecular complexity index is 6020. The summed E-state index contributed by atoms with van der Waals surface area (Å²) in [6.07, 6.45) is 10.0. The maximum atomic E-state index is 10.2. The van der Waals surface area contributed by atoms with Gasteiger partial charge in [0.2, 0.25) is 0 Å². The zero-order chi connectivity index (χ0) is 96.4. The molecule has 6 N–H and O–H groups in total. The zero-order valence-corrected chi connectivity index (χ0v) is 99.5. The quantitative estimate of drug-likeness (QED) is 0.0403. The predicted molar refractivity (Wildman–Crippen MR) is 581 cm³/mol. The molecule has 674 valence electrons. The van der Waals surface area contributed by atoms with Crippen LogP contribution < -0.4 is 9.47 Å². The van der Waals surface area contributed by atoms with E-state index in [1.165, 1.54) is 0 Å². The molecule has 14 nitrogen and oxygen atoms in total. The van der Waals surface area contributed by atoms with Gasteiger partial charge in [0.1, 0.15) is 57.4 Å². The van der Waals surface area contributed by atoms with E-state index in [0.29, 0.717) is 33.9 Å². The van der Waals surface area contributed by atoms with Crippen molar-refractivity contribution in [3.63, 3.8) is 0 Å². The van der Waals surface area contributed by atoms with Crippen molar-refractivity contribution in [1.29, 1.82) is 0 Å². The van der Waals surface area contributed by atoms with Crippen molar-refractivity contribution in [2.75, 3.05) is 7.11 Å². The van der Waals surface area contributed by atoms with Gasteiger partial charge >= 0.3 is 248 Å². The number of halogens is 12. The van der Waals surface area contributed by atoms with Gasteiger partial charge in [-0.1, -0.05) is 255 Å². The average Bonchev–Trinajstić information content (AvgIpc) is 0.805. The van der Waals surface area contributed by atoms with Crippen LogP contribution in [0.1, 0.15) is 44.5 Å². The molecule has 16 rings (SSSR count). The molecule has 0 unspecified atom stereocenters. The summed E-state index contributed by atoms with van der Waals surface area (Å²) in [6.45, 7) is 4.02. The molecule has 0 heterocycles. The Morgan fingerprint density at radius 2 is 0.511 bits per heavy atom. The van der Waals surface area contributed by atoms with Gasteiger partial charge < -0.3 is 40.1 Å². The van der Waals surface area contributed by atoms with E-state index in [-0.39, 0.29) is 124 Å². The monoisotopic (exact) mass is 2740 g/mol. The first-order chi connectivity index (χ1) is 64.8. The Morgan fingerprint density at radius 3 is 0.917 bits per heavy atom. The molecule has 32 heteroatoms. The minimum atomic E-state index is 0.125. The number of aryl methyl sites for hydroxylation is 2. The summed E-state index contributed by atoms with van der Waals surface area (Å²) >= 11 is 39.0. The second kappa shape index (κ2) is 73.6. The van der Waals surface area contributed by atoms with Crippen LogP contribution in [0.5, 0.6) is 51.7 Å². The molecule has 0 fully saturated rings. The molecule has 0 amide bonds. The summed E-state index contributed by atoms with van der Waals surface area (Å²) in [4.78, 5) is 26.6. The molecule has 0 atom stereocenters. The van der Waals surface area contributed by atoms with Gasteiger partial charge in [0.15, 0.2) is 5.75 Å². The van der Waals surface area contributed by atoms with Crippen molar-refractivity contribution in [2.24, 2.45) is 30.0 Å². The fourth-order valence-electron chi connectivity index (χ4n) is 11.4. The normalized spacial score (nSPS) is 10.1. The third kappa shape index (κ3) is 46.4. The van der Waals surface area contributed by atoms with Gasteiger partial charge in [-0.05, 0) is 174 Å². The standard InChI is InChI=1S/C21H15NO.C19H15NO2.C19H15NO.C14H13NO2.2C14H13NO.12BrH.6Ti/c23-21-13-12-16-7-1-3-9-17(16)19(21)14-22-20-11-5-8-15-6-2-4-10-18(15)20;21-18-12-6-4-8-15(18)14-20-17-11-5-7-13-19(17)22-16-9-2-1-3-10-16;21-19-13-7-4-10-16(19)14-20-18-12-6-5-11-17(18)15-8-2-1-3-9-15;1-17-14-9-5-3-7-12(14)15-10-11-6-2-4-8-13(11)16;2*1-11-6-2-4-8-13(11)15-10-12-7-3-5-9-14(12)16;;;;;;;;;;;;;;;;;;/h1-14,23H;1-14,21H;1-14,21H;2-10,16H,1H3;2*2-10,16H,1H3;12*1H;;;;;;/q;;;;;;;;;;;;;;;;;;6*+2/p-12. The number of phenols is 6. The topological polar surface area (TPSA) is 214 Å². The number of nitrogens with zero attached hydrogens (tertiary/aromatic N) is 6. The van der Waals surface area contributed by atoms with Gasteiger partial charge in [0.25, 0.3) is 0 Å². The van der Waals surface area contributed by atoms with E-state index < -0.39 is 0 Å². The maximum absolute atomic E-state index is 10.2. The summed E-state index contributed by atoms with van der Waals surface area (Å²) in [5.74, 6) is 3.52. The Kier molecular flexibility index (Phi) is 65.3. The number of ether oxygens (including phenoxy) is 2. The number of rotatable bonds is 16. The first kappa shape index (κ1) is 118. The van der Waals surface area contributed by atoms with E-state index >= 15 is 0 Å². The molecule has 0 saturated carbocycles. The van der Waals surface area contributed by atoms with E-state index in [4.69, 9.17) is 9.47 Å². The van der Waals surface area contributed by atoms with E-state index in [1.54, 1.807) is 123 Å². The van der Waals surface area contributed by atoms with Crippen molar-refractivity contribution < 1.29 is 130 Å². The average molecular weight is 2760 g/mol. The summed E-state index contributed by atoms with van der Waals surface area (Å²) in [7, 11) is 1.61. The SMILES string of the molecule is COc1ccccc1N=Cc1ccccc1O.Cc1ccccc1N=Cc1ccccc1O.Cc1ccccc1N=Cc1ccccc1O.Oc1ccc2ccccc2c1C=Nc1cccc2ccccc12.Oc1ccccc1C=Nc1ccccc1-c1ccccc1.Oc1ccccc1C=Nc1ccccc1Oc1ccccc1.[Br][Ti][Br].[Br][Ti][Br].[Br][Ti][Br].[Br][Ti][Br].[Br][Ti][Br].[Br][Ti][Br]. The zero-order valence-electron chi connectivity index (χ0n) is 71.1. The van der Waals surface area contributed by atoms with Crippen LogP contribution in [0.25, 0.3) is 32.7 Å². The summed E-state index contributed by atoms with van der Waals surface area (Å²) in [5, 5.41) is 62.8. The van der Waals surface area contributed by atoms with Gasteiger partial charge in [0.05, 0.1) is 29.9 Å². The number of benzene rings is 16. The van der Waals surface area contributed by atoms with Crippen molar-refractivity contribution in [3.8, 4) is 62.9 Å². The second-order valence-electron chi connectivity index (χ2n) is 26.0. The number of aromatic hydroxyl groups is 6. The minimum absolute atomic E-state index is 0.125. The van der Waals surface area contributed by atoms with Crippen LogP contribution >= 0.6 is 158 Å². The molecule has 0 bridgehead atoms. The van der Waals surface area contributed by atoms with Crippen LogP contribution in [0.15, 0.2) is 412 Å². The van der Waals surface area contributed by atoms with Crippen LogP contribution in [-0.2, 0) is 89.8 Å². The number of para-hydroxylation sites is 13. The van der Waals surface area contributed by atoms with E-state index in [2.05, 4.69) is 218 Å². The van der Waals surface area contributed by atoms with Gasteiger partial charge in [-0.15, -0.1) is 0 Å². The van der Waals surface area contributed by atoms with Crippen LogP contribution in [0, 0.1) is 13.8 Å².